The molecular formula is C21H25NO4. The smallest absolute Gasteiger partial charge is 0.405 e. The number of amides is 1. The van der Waals surface area contributed by atoms with E-state index in [9.17, 15) is 9.90 Å². The lowest BCUT2D eigenvalue weighted by molar-refractivity contribution is 0.161. The number of methoxy groups -OCH3 is 2. The maximum atomic E-state index is 11.3. The molecule has 26 heavy (non-hydrogen) atoms. The van der Waals surface area contributed by atoms with Crippen LogP contribution in [0.4, 0.5) is 4.79 Å². The van der Waals surface area contributed by atoms with Gasteiger partial charge in [0.25, 0.3) is 0 Å². The zero-order valence-corrected chi connectivity index (χ0v) is 15.6. The topological polar surface area (TPSA) is 67.8 Å². The second kappa shape index (κ2) is 6.90. The number of aryl methyl sites for hydroxylation is 1. The number of ether oxygens (including phenoxy) is 2. The standard InChI is InChI=1S/C21H25NO4/c1-21(2)11-10-13-12-14(8-9-15(13)19(21)22-20(23)24)18-16(25-3)6-5-7-17(18)26-4/h5-9,12,19,22H,10-11H2,1-4H3,(H,23,24)/t19-/m1/s1. The van der Waals surface area contributed by atoms with Crippen molar-refractivity contribution in [2.75, 3.05) is 14.2 Å². The molecule has 2 aromatic carbocycles. The minimum atomic E-state index is -0.994. The summed E-state index contributed by atoms with van der Waals surface area (Å²) in [6.07, 6.45) is 0.828. The molecule has 0 saturated carbocycles. The number of carbonyl (C=O) groups is 1. The van der Waals surface area contributed by atoms with Crippen LogP contribution in [0.25, 0.3) is 11.1 Å². The monoisotopic (exact) mass is 355 g/mol. The lowest BCUT2D eigenvalue weighted by atomic mass is 9.70. The minimum Gasteiger partial charge on any atom is -0.496 e. The molecule has 5 heteroatoms. The lowest BCUT2D eigenvalue weighted by Gasteiger charge is -2.40. The largest absolute Gasteiger partial charge is 0.496 e. The first-order chi connectivity index (χ1) is 12.4. The van der Waals surface area contributed by atoms with E-state index in [4.69, 9.17) is 9.47 Å². The summed E-state index contributed by atoms with van der Waals surface area (Å²) >= 11 is 0. The van der Waals surface area contributed by atoms with Crippen LogP contribution < -0.4 is 14.8 Å². The Hall–Kier alpha value is -2.69. The van der Waals surface area contributed by atoms with Gasteiger partial charge in [0, 0.05) is 0 Å². The highest BCUT2D eigenvalue weighted by molar-refractivity contribution is 5.78. The molecule has 138 valence electrons. The van der Waals surface area contributed by atoms with Gasteiger partial charge in [-0.15, -0.1) is 0 Å². The van der Waals surface area contributed by atoms with Crippen molar-refractivity contribution in [3.63, 3.8) is 0 Å². The van der Waals surface area contributed by atoms with E-state index in [0.717, 1.165) is 46.6 Å². The molecule has 1 aliphatic rings. The van der Waals surface area contributed by atoms with Crippen LogP contribution in [0.5, 0.6) is 11.5 Å². The highest BCUT2D eigenvalue weighted by Crippen LogP contribution is 2.46. The summed E-state index contributed by atoms with van der Waals surface area (Å²) in [6.45, 7) is 4.21. The van der Waals surface area contributed by atoms with E-state index < -0.39 is 6.09 Å². The van der Waals surface area contributed by atoms with Gasteiger partial charge >= 0.3 is 6.09 Å². The molecule has 0 bridgehead atoms. The van der Waals surface area contributed by atoms with Crippen molar-refractivity contribution in [3.05, 3.63) is 47.5 Å². The van der Waals surface area contributed by atoms with E-state index in [0.29, 0.717) is 0 Å². The van der Waals surface area contributed by atoms with Crippen molar-refractivity contribution in [3.8, 4) is 22.6 Å². The van der Waals surface area contributed by atoms with Crippen molar-refractivity contribution in [1.29, 1.82) is 0 Å². The van der Waals surface area contributed by atoms with Gasteiger partial charge in [-0.3, -0.25) is 0 Å². The molecule has 0 heterocycles. The van der Waals surface area contributed by atoms with Crippen LogP contribution in [0.3, 0.4) is 0 Å². The number of rotatable bonds is 4. The van der Waals surface area contributed by atoms with Crippen molar-refractivity contribution in [2.45, 2.75) is 32.7 Å². The fourth-order valence-electron chi connectivity index (χ4n) is 3.81. The van der Waals surface area contributed by atoms with Crippen molar-refractivity contribution >= 4 is 6.09 Å². The molecule has 1 aliphatic carbocycles. The van der Waals surface area contributed by atoms with Crippen LogP contribution in [-0.4, -0.2) is 25.4 Å². The van der Waals surface area contributed by atoms with Crippen molar-refractivity contribution in [2.24, 2.45) is 5.41 Å². The lowest BCUT2D eigenvalue weighted by Crippen LogP contribution is -2.40. The molecule has 0 aliphatic heterocycles. The molecule has 3 rings (SSSR count). The quantitative estimate of drug-likeness (QED) is 0.837. The molecule has 0 fully saturated rings. The van der Waals surface area contributed by atoms with Gasteiger partial charge in [-0.05, 0) is 47.1 Å². The second-order valence-electron chi connectivity index (χ2n) is 7.32. The summed E-state index contributed by atoms with van der Waals surface area (Å²) in [4.78, 5) is 11.3. The van der Waals surface area contributed by atoms with Gasteiger partial charge in [-0.25, -0.2) is 4.79 Å². The van der Waals surface area contributed by atoms with Gasteiger partial charge in [-0.2, -0.15) is 0 Å². The van der Waals surface area contributed by atoms with Gasteiger partial charge in [0.1, 0.15) is 11.5 Å². The first kappa shape index (κ1) is 18.1. The third-order valence-electron chi connectivity index (χ3n) is 5.26. The number of hydrogen-bond acceptors (Lipinski definition) is 3. The third-order valence-corrected chi connectivity index (χ3v) is 5.26. The zero-order valence-electron chi connectivity index (χ0n) is 15.6. The number of carboxylic acid groups (broad SMARTS) is 1. The Morgan fingerprint density at radius 2 is 1.81 bits per heavy atom. The number of benzene rings is 2. The van der Waals surface area contributed by atoms with Crippen LogP contribution in [0.15, 0.2) is 36.4 Å². The maximum absolute atomic E-state index is 11.3. The van der Waals surface area contributed by atoms with E-state index >= 15 is 0 Å². The molecule has 0 saturated heterocycles. The Balaban J connectivity index is 2.10. The molecule has 1 atom stereocenters. The van der Waals surface area contributed by atoms with E-state index in [-0.39, 0.29) is 11.5 Å². The highest BCUT2D eigenvalue weighted by Gasteiger charge is 2.37. The van der Waals surface area contributed by atoms with Gasteiger partial charge in [0.05, 0.1) is 25.8 Å². The molecule has 2 N–H and O–H groups in total. The van der Waals surface area contributed by atoms with Crippen LogP contribution in [-0.2, 0) is 6.42 Å². The second-order valence-corrected chi connectivity index (χ2v) is 7.32. The molecular weight excluding hydrogens is 330 g/mol. The SMILES string of the molecule is COc1cccc(OC)c1-c1ccc2c(c1)CCC(C)(C)[C@@H]2NC(=O)O. The number of hydrogen-bond donors (Lipinski definition) is 2. The Labute approximate surface area is 153 Å². The maximum Gasteiger partial charge on any atom is 0.405 e. The van der Waals surface area contributed by atoms with Gasteiger partial charge in [-0.1, -0.05) is 38.1 Å². The van der Waals surface area contributed by atoms with E-state index in [2.05, 4.69) is 25.2 Å². The molecule has 1 amide bonds. The molecule has 0 radical (unpaired) electrons. The molecule has 5 nitrogen and oxygen atoms in total. The molecule has 0 aromatic heterocycles. The van der Waals surface area contributed by atoms with Crippen molar-refractivity contribution in [1.82, 2.24) is 5.32 Å². The van der Waals surface area contributed by atoms with Crippen molar-refractivity contribution < 1.29 is 19.4 Å². The third kappa shape index (κ3) is 3.21. The summed E-state index contributed by atoms with van der Waals surface area (Å²) < 4.78 is 11.0. The Morgan fingerprint density at radius 3 is 2.38 bits per heavy atom. The Bertz CT molecular complexity index is 807. The average molecular weight is 355 g/mol. The van der Waals surface area contributed by atoms with Gasteiger partial charge < -0.3 is 19.9 Å². The summed E-state index contributed by atoms with van der Waals surface area (Å²) in [6, 6.07) is 11.7. The zero-order chi connectivity index (χ0) is 18.9. The summed E-state index contributed by atoms with van der Waals surface area (Å²) in [5, 5.41) is 11.9. The molecule has 0 unspecified atom stereocenters. The normalized spacial score (nSPS) is 17.9. The van der Waals surface area contributed by atoms with Crippen LogP contribution in [0, 0.1) is 5.41 Å². The molecule has 0 spiro atoms. The van der Waals surface area contributed by atoms with Gasteiger partial charge in [0.15, 0.2) is 0 Å². The predicted octanol–water partition coefficient (Wildman–Crippen LogP) is 4.65. The van der Waals surface area contributed by atoms with Crippen LogP contribution in [0.1, 0.15) is 37.4 Å². The fourth-order valence-corrected chi connectivity index (χ4v) is 3.81. The summed E-state index contributed by atoms with van der Waals surface area (Å²) in [5.74, 6) is 1.50. The highest BCUT2D eigenvalue weighted by atomic mass is 16.5. The van der Waals surface area contributed by atoms with E-state index in [1.54, 1.807) is 14.2 Å². The average Bonchev–Trinajstić information content (AvgIpc) is 2.62. The Kier molecular flexibility index (Phi) is 4.81. The van der Waals surface area contributed by atoms with Crippen LogP contribution >= 0.6 is 0 Å². The first-order valence-corrected chi connectivity index (χ1v) is 8.71. The van der Waals surface area contributed by atoms with E-state index in [1.165, 1.54) is 0 Å². The minimum absolute atomic E-state index is 0.130. The number of nitrogens with one attached hydrogen (secondary N) is 1. The molecule has 2 aromatic rings. The summed E-state index contributed by atoms with van der Waals surface area (Å²) in [7, 11) is 3.29. The predicted molar refractivity (Wildman–Crippen MR) is 101 cm³/mol. The van der Waals surface area contributed by atoms with E-state index in [1.807, 2.05) is 30.3 Å². The Morgan fingerprint density at radius 1 is 1.15 bits per heavy atom. The first-order valence-electron chi connectivity index (χ1n) is 8.71. The number of fused-ring (bicyclic) bond motifs is 1. The van der Waals surface area contributed by atoms with Gasteiger partial charge in [0.2, 0.25) is 0 Å². The van der Waals surface area contributed by atoms with Crippen LogP contribution in [0.2, 0.25) is 0 Å². The summed E-state index contributed by atoms with van der Waals surface area (Å²) in [5.41, 5.74) is 3.99. The fraction of sp³-hybridized carbons (Fsp3) is 0.381.